The van der Waals surface area contributed by atoms with Gasteiger partial charge in [0.2, 0.25) is 5.91 Å². The Hall–Kier alpha value is -2.41. The Labute approximate surface area is 132 Å². The highest BCUT2D eigenvalue weighted by molar-refractivity contribution is 7.99. The minimum atomic E-state index is -1.28. The quantitative estimate of drug-likeness (QED) is 0.657. The van der Waals surface area contributed by atoms with E-state index in [1.165, 1.54) is 23.9 Å². The van der Waals surface area contributed by atoms with Crippen molar-refractivity contribution in [3.05, 3.63) is 47.3 Å². The van der Waals surface area contributed by atoms with Gasteiger partial charge in [0.05, 0.1) is 11.7 Å². The van der Waals surface area contributed by atoms with Gasteiger partial charge in [-0.2, -0.15) is 0 Å². The Morgan fingerprint density at radius 3 is 2.50 bits per heavy atom. The summed E-state index contributed by atoms with van der Waals surface area (Å²) in [6.07, 6.45) is 0. The first-order chi connectivity index (χ1) is 10.4. The maximum Gasteiger partial charge on any atom is 0.234 e. The van der Waals surface area contributed by atoms with E-state index >= 15 is 0 Å². The lowest BCUT2D eigenvalue weighted by atomic mass is 10.2. The number of anilines is 1. The van der Waals surface area contributed by atoms with E-state index in [9.17, 15) is 14.7 Å². The van der Waals surface area contributed by atoms with Gasteiger partial charge >= 0.3 is 0 Å². The molecule has 7 heteroatoms. The van der Waals surface area contributed by atoms with Crippen molar-refractivity contribution >= 4 is 29.3 Å². The number of carboxylic acids is 1. The molecule has 1 aromatic heterocycles. The van der Waals surface area contributed by atoms with Crippen LogP contribution in [0.5, 0.6) is 0 Å². The van der Waals surface area contributed by atoms with Gasteiger partial charge in [-0.25, -0.2) is 9.97 Å². The van der Waals surface area contributed by atoms with Crippen molar-refractivity contribution < 1.29 is 14.7 Å². The van der Waals surface area contributed by atoms with Gasteiger partial charge in [0, 0.05) is 17.1 Å². The molecule has 0 aliphatic carbocycles. The summed E-state index contributed by atoms with van der Waals surface area (Å²) in [4.78, 5) is 31.1. The third-order valence-corrected chi connectivity index (χ3v) is 3.52. The number of hydrogen-bond acceptors (Lipinski definition) is 6. The monoisotopic (exact) mass is 316 g/mol. The fourth-order valence-electron chi connectivity index (χ4n) is 1.81. The molecule has 0 spiro atoms. The maximum atomic E-state index is 11.9. The van der Waals surface area contributed by atoms with Crippen LogP contribution in [0.4, 0.5) is 5.69 Å². The van der Waals surface area contributed by atoms with Crippen molar-refractivity contribution in [1.82, 2.24) is 9.97 Å². The normalized spacial score (nSPS) is 10.3. The van der Waals surface area contributed by atoms with Crippen LogP contribution in [0.25, 0.3) is 0 Å². The van der Waals surface area contributed by atoms with Crippen molar-refractivity contribution in [2.45, 2.75) is 19.0 Å². The van der Waals surface area contributed by atoms with Crippen LogP contribution in [-0.4, -0.2) is 27.6 Å². The molecule has 0 aliphatic heterocycles. The van der Waals surface area contributed by atoms with Crippen molar-refractivity contribution in [1.29, 1.82) is 0 Å². The molecule has 0 radical (unpaired) electrons. The van der Waals surface area contributed by atoms with Gasteiger partial charge in [0.15, 0.2) is 5.16 Å². The number of nitrogens with one attached hydrogen (secondary N) is 1. The second-order valence-electron chi connectivity index (χ2n) is 4.64. The summed E-state index contributed by atoms with van der Waals surface area (Å²) < 4.78 is 0. The molecule has 0 atom stereocenters. The molecule has 0 saturated carbocycles. The lowest BCUT2D eigenvalue weighted by molar-refractivity contribution is -0.255. The Morgan fingerprint density at radius 2 is 1.86 bits per heavy atom. The summed E-state index contributed by atoms with van der Waals surface area (Å²) in [5.74, 6) is -1.41. The predicted octanol–water partition coefficient (Wildman–Crippen LogP) is 1.19. The molecule has 0 saturated heterocycles. The number of carbonyl (C=O) groups is 2. The standard InChI is InChI=1S/C15H15N3O3S/c1-9-6-10(2)17-15(16-9)22-8-13(19)18-12-5-3-4-11(7-12)14(20)21/h3-7H,8H2,1-2H3,(H,18,19)(H,20,21)/p-1. The first kappa shape index (κ1) is 16.0. The molecule has 1 amide bonds. The van der Waals surface area contributed by atoms with Crippen molar-refractivity contribution in [3.63, 3.8) is 0 Å². The van der Waals surface area contributed by atoms with E-state index in [0.717, 1.165) is 11.4 Å². The molecule has 2 rings (SSSR count). The molecular formula is C15H14N3O3S-. The highest BCUT2D eigenvalue weighted by Crippen LogP contribution is 2.15. The van der Waals surface area contributed by atoms with Crippen molar-refractivity contribution in [2.75, 3.05) is 11.1 Å². The smallest absolute Gasteiger partial charge is 0.234 e. The molecular weight excluding hydrogens is 302 g/mol. The van der Waals surface area contributed by atoms with E-state index in [-0.39, 0.29) is 17.2 Å². The van der Waals surface area contributed by atoms with Crippen LogP contribution in [0.15, 0.2) is 35.5 Å². The molecule has 0 aliphatic rings. The lowest BCUT2D eigenvalue weighted by Gasteiger charge is -2.08. The Bertz CT molecular complexity index is 699. The van der Waals surface area contributed by atoms with E-state index in [1.807, 2.05) is 19.9 Å². The number of rotatable bonds is 5. The highest BCUT2D eigenvalue weighted by Gasteiger charge is 2.07. The number of benzene rings is 1. The van der Waals surface area contributed by atoms with Gasteiger partial charge in [-0.3, -0.25) is 4.79 Å². The third-order valence-electron chi connectivity index (χ3n) is 2.68. The molecule has 1 heterocycles. The number of hydrogen-bond donors (Lipinski definition) is 1. The average molecular weight is 316 g/mol. The second kappa shape index (κ2) is 7.04. The predicted molar refractivity (Wildman–Crippen MR) is 81.6 cm³/mol. The lowest BCUT2D eigenvalue weighted by Crippen LogP contribution is -2.22. The zero-order chi connectivity index (χ0) is 16.1. The zero-order valence-corrected chi connectivity index (χ0v) is 12.9. The summed E-state index contributed by atoms with van der Waals surface area (Å²) in [6, 6.07) is 7.77. The van der Waals surface area contributed by atoms with E-state index in [0.29, 0.717) is 10.8 Å². The molecule has 22 heavy (non-hydrogen) atoms. The average Bonchev–Trinajstić information content (AvgIpc) is 2.44. The third kappa shape index (κ3) is 4.56. The Morgan fingerprint density at radius 1 is 1.18 bits per heavy atom. The molecule has 0 fully saturated rings. The Kier molecular flexibility index (Phi) is 5.11. The number of aromatic carboxylic acids is 1. The topological polar surface area (TPSA) is 95.0 Å². The summed E-state index contributed by atoms with van der Waals surface area (Å²) in [7, 11) is 0. The summed E-state index contributed by atoms with van der Waals surface area (Å²) >= 11 is 1.22. The number of nitrogens with zero attached hydrogens (tertiary/aromatic N) is 2. The molecule has 0 unspecified atom stereocenters. The first-order valence-electron chi connectivity index (χ1n) is 6.50. The van der Waals surface area contributed by atoms with Crippen LogP contribution in [0, 0.1) is 13.8 Å². The van der Waals surface area contributed by atoms with Gasteiger partial charge in [0.1, 0.15) is 0 Å². The van der Waals surface area contributed by atoms with Crippen LogP contribution < -0.4 is 10.4 Å². The minimum absolute atomic E-state index is 0.0168. The van der Waals surface area contributed by atoms with Crippen LogP contribution >= 0.6 is 11.8 Å². The summed E-state index contributed by atoms with van der Waals surface area (Å²) in [6.45, 7) is 3.73. The van der Waals surface area contributed by atoms with E-state index in [4.69, 9.17) is 0 Å². The highest BCUT2D eigenvalue weighted by atomic mass is 32.2. The van der Waals surface area contributed by atoms with Crippen LogP contribution in [-0.2, 0) is 4.79 Å². The zero-order valence-electron chi connectivity index (χ0n) is 12.1. The number of carbonyl (C=O) groups excluding carboxylic acids is 2. The number of aryl methyl sites for hydroxylation is 2. The molecule has 1 aromatic carbocycles. The number of amides is 1. The molecule has 2 aromatic rings. The van der Waals surface area contributed by atoms with Crippen LogP contribution in [0.1, 0.15) is 21.7 Å². The molecule has 0 bridgehead atoms. The van der Waals surface area contributed by atoms with Crippen molar-refractivity contribution in [2.24, 2.45) is 0 Å². The largest absolute Gasteiger partial charge is 0.545 e. The van der Waals surface area contributed by atoms with Crippen molar-refractivity contribution in [3.8, 4) is 0 Å². The van der Waals surface area contributed by atoms with Gasteiger partial charge in [-0.1, -0.05) is 23.9 Å². The Balaban J connectivity index is 1.95. The van der Waals surface area contributed by atoms with Gasteiger partial charge in [0.25, 0.3) is 0 Å². The van der Waals surface area contributed by atoms with E-state index in [2.05, 4.69) is 15.3 Å². The minimum Gasteiger partial charge on any atom is -0.545 e. The fraction of sp³-hybridized carbons (Fsp3) is 0.200. The van der Waals surface area contributed by atoms with E-state index in [1.54, 1.807) is 12.1 Å². The number of carboxylic acid groups (broad SMARTS) is 1. The SMILES string of the molecule is Cc1cc(C)nc(SCC(=O)Nc2cccc(C(=O)[O-])c2)n1. The summed E-state index contributed by atoms with van der Waals surface area (Å²) in [5.41, 5.74) is 2.12. The maximum absolute atomic E-state index is 11.9. The van der Waals surface area contributed by atoms with Gasteiger partial charge < -0.3 is 15.2 Å². The second-order valence-corrected chi connectivity index (χ2v) is 5.58. The first-order valence-corrected chi connectivity index (χ1v) is 7.49. The fourth-order valence-corrected chi connectivity index (χ4v) is 2.56. The number of thioether (sulfide) groups is 1. The molecule has 114 valence electrons. The molecule has 6 nitrogen and oxygen atoms in total. The van der Waals surface area contributed by atoms with Gasteiger partial charge in [-0.05, 0) is 37.6 Å². The van der Waals surface area contributed by atoms with Crippen LogP contribution in [0.3, 0.4) is 0 Å². The van der Waals surface area contributed by atoms with Crippen LogP contribution in [0.2, 0.25) is 0 Å². The van der Waals surface area contributed by atoms with E-state index < -0.39 is 5.97 Å². The summed E-state index contributed by atoms with van der Waals surface area (Å²) in [5, 5.41) is 13.9. The number of aromatic nitrogens is 2. The van der Waals surface area contributed by atoms with Gasteiger partial charge in [-0.15, -0.1) is 0 Å². The molecule has 1 N–H and O–H groups in total.